The van der Waals surface area contributed by atoms with Gasteiger partial charge in [0, 0.05) is 43.4 Å². The lowest BCUT2D eigenvalue weighted by Crippen LogP contribution is -2.44. The first kappa shape index (κ1) is 21.4. The molecule has 1 amide bonds. The van der Waals surface area contributed by atoms with Crippen molar-refractivity contribution in [2.24, 2.45) is 17.8 Å². The predicted octanol–water partition coefficient (Wildman–Crippen LogP) is 2.75. The standard InChI is InChI=1S/C22H33N3O4/c1-13-6-14(2)12-25(11-13)21(27)9-17(18-10-23-15(3)24-18)22-19(26)7-16(28-4)8-20(22)29-5/h7-8,10,13-14,17,19,22,26H,6,9,11-12H2,1-5H3,(H,23,24)/t13-,14+,17?,19?,22?. The Kier molecular flexibility index (Phi) is 6.67. The van der Waals surface area contributed by atoms with Crippen LogP contribution in [0.1, 0.15) is 44.1 Å². The Morgan fingerprint density at radius 2 is 2.00 bits per heavy atom. The van der Waals surface area contributed by atoms with Gasteiger partial charge in [-0.05, 0) is 31.3 Å². The van der Waals surface area contributed by atoms with Crippen LogP contribution < -0.4 is 0 Å². The number of carbonyl (C=O) groups is 1. The summed E-state index contributed by atoms with van der Waals surface area (Å²) in [4.78, 5) is 22.8. The molecular formula is C22H33N3O4. The second kappa shape index (κ2) is 9.03. The number of aliphatic hydroxyl groups is 1. The second-order valence-corrected chi connectivity index (χ2v) is 8.52. The maximum atomic E-state index is 13.3. The number of carbonyl (C=O) groups excluding carboxylic acids is 1. The number of ether oxygens (including phenoxy) is 2. The van der Waals surface area contributed by atoms with Gasteiger partial charge in [0.2, 0.25) is 5.91 Å². The number of allylic oxidation sites excluding steroid dienone is 1. The Morgan fingerprint density at radius 3 is 2.55 bits per heavy atom. The number of nitrogens with zero attached hydrogens (tertiary/aromatic N) is 2. The van der Waals surface area contributed by atoms with Crippen molar-refractivity contribution in [3.63, 3.8) is 0 Å². The Hall–Kier alpha value is -2.28. The topological polar surface area (TPSA) is 87.7 Å². The van der Waals surface area contributed by atoms with E-state index in [-0.39, 0.29) is 18.2 Å². The summed E-state index contributed by atoms with van der Waals surface area (Å²) >= 11 is 0. The maximum Gasteiger partial charge on any atom is 0.223 e. The van der Waals surface area contributed by atoms with Gasteiger partial charge in [0.25, 0.3) is 0 Å². The molecule has 0 radical (unpaired) electrons. The van der Waals surface area contributed by atoms with Gasteiger partial charge in [-0.25, -0.2) is 4.98 Å². The minimum atomic E-state index is -0.828. The van der Waals surface area contributed by atoms with Crippen molar-refractivity contribution in [2.45, 2.75) is 45.6 Å². The number of imidazole rings is 1. The largest absolute Gasteiger partial charge is 0.501 e. The lowest BCUT2D eigenvalue weighted by molar-refractivity contribution is -0.134. The van der Waals surface area contributed by atoms with Crippen molar-refractivity contribution in [2.75, 3.05) is 27.3 Å². The molecule has 1 aliphatic carbocycles. The first-order valence-electron chi connectivity index (χ1n) is 10.3. The van der Waals surface area contributed by atoms with Gasteiger partial charge >= 0.3 is 0 Å². The third kappa shape index (κ3) is 4.83. The van der Waals surface area contributed by atoms with E-state index in [2.05, 4.69) is 23.8 Å². The van der Waals surface area contributed by atoms with Crippen molar-refractivity contribution in [3.05, 3.63) is 41.4 Å². The van der Waals surface area contributed by atoms with Crippen LogP contribution in [0.4, 0.5) is 0 Å². The van der Waals surface area contributed by atoms with Crippen molar-refractivity contribution in [1.82, 2.24) is 14.9 Å². The van der Waals surface area contributed by atoms with E-state index in [0.717, 1.165) is 31.0 Å². The fourth-order valence-electron chi connectivity index (χ4n) is 4.73. The fraction of sp³-hybridized carbons (Fsp3) is 0.636. The highest BCUT2D eigenvalue weighted by Gasteiger charge is 2.39. The van der Waals surface area contributed by atoms with E-state index in [1.165, 1.54) is 0 Å². The Bertz CT molecular complexity index is 775. The lowest BCUT2D eigenvalue weighted by atomic mass is 9.78. The van der Waals surface area contributed by atoms with E-state index in [9.17, 15) is 9.90 Å². The second-order valence-electron chi connectivity index (χ2n) is 8.52. The molecule has 3 unspecified atom stereocenters. The van der Waals surface area contributed by atoms with E-state index in [4.69, 9.17) is 9.47 Å². The zero-order valence-corrected chi connectivity index (χ0v) is 18.0. The average Bonchev–Trinajstić information content (AvgIpc) is 3.11. The number of hydrogen-bond donors (Lipinski definition) is 2. The van der Waals surface area contributed by atoms with Crippen LogP contribution in [0.2, 0.25) is 0 Å². The molecule has 5 atom stereocenters. The number of piperidine rings is 1. The summed E-state index contributed by atoms with van der Waals surface area (Å²) in [5.41, 5.74) is 0.829. The molecular weight excluding hydrogens is 370 g/mol. The van der Waals surface area contributed by atoms with Crippen LogP contribution in [0.5, 0.6) is 0 Å². The van der Waals surface area contributed by atoms with E-state index in [1.807, 2.05) is 11.8 Å². The molecule has 0 aromatic carbocycles. The number of H-pyrrole nitrogens is 1. The number of rotatable bonds is 6. The van der Waals surface area contributed by atoms with Gasteiger partial charge in [-0.2, -0.15) is 0 Å². The molecule has 0 spiro atoms. The summed E-state index contributed by atoms with van der Waals surface area (Å²) in [5.74, 6) is 2.34. The first-order valence-corrected chi connectivity index (χ1v) is 10.3. The predicted molar refractivity (Wildman–Crippen MR) is 110 cm³/mol. The van der Waals surface area contributed by atoms with Gasteiger partial charge in [-0.3, -0.25) is 4.79 Å². The molecule has 2 N–H and O–H groups in total. The zero-order valence-electron chi connectivity index (χ0n) is 18.0. The summed E-state index contributed by atoms with van der Waals surface area (Å²) in [6, 6.07) is 0. The van der Waals surface area contributed by atoms with Crippen LogP contribution in [0.25, 0.3) is 0 Å². The number of nitrogens with one attached hydrogen (secondary N) is 1. The highest BCUT2D eigenvalue weighted by atomic mass is 16.5. The van der Waals surface area contributed by atoms with Crippen LogP contribution in [0, 0.1) is 24.7 Å². The van der Waals surface area contributed by atoms with Crippen LogP contribution in [-0.4, -0.2) is 59.3 Å². The molecule has 29 heavy (non-hydrogen) atoms. The summed E-state index contributed by atoms with van der Waals surface area (Å²) in [6.07, 6.45) is 5.80. The molecule has 3 rings (SSSR count). The summed E-state index contributed by atoms with van der Waals surface area (Å²) < 4.78 is 10.9. The normalized spacial score (nSPS) is 28.4. The number of methoxy groups -OCH3 is 2. The van der Waals surface area contributed by atoms with Crippen molar-refractivity contribution >= 4 is 5.91 Å². The number of aromatic nitrogens is 2. The van der Waals surface area contributed by atoms with Crippen LogP contribution in [0.15, 0.2) is 29.9 Å². The molecule has 0 bridgehead atoms. The molecule has 1 saturated heterocycles. The van der Waals surface area contributed by atoms with Crippen molar-refractivity contribution < 1.29 is 19.4 Å². The summed E-state index contributed by atoms with van der Waals surface area (Å²) in [7, 11) is 3.13. The van der Waals surface area contributed by atoms with E-state index < -0.39 is 12.0 Å². The van der Waals surface area contributed by atoms with E-state index in [0.29, 0.717) is 23.4 Å². The highest BCUT2D eigenvalue weighted by molar-refractivity contribution is 5.77. The van der Waals surface area contributed by atoms with E-state index >= 15 is 0 Å². The number of hydrogen-bond acceptors (Lipinski definition) is 5. The van der Waals surface area contributed by atoms with Crippen molar-refractivity contribution in [3.8, 4) is 0 Å². The van der Waals surface area contributed by atoms with Gasteiger partial charge in [0.1, 0.15) is 17.3 Å². The summed E-state index contributed by atoms with van der Waals surface area (Å²) in [5, 5.41) is 10.9. The van der Waals surface area contributed by atoms with Gasteiger partial charge in [0.05, 0.1) is 26.2 Å². The Morgan fingerprint density at radius 1 is 1.31 bits per heavy atom. The fourth-order valence-corrected chi connectivity index (χ4v) is 4.73. The first-order chi connectivity index (χ1) is 13.8. The average molecular weight is 404 g/mol. The number of aliphatic hydroxyl groups excluding tert-OH is 1. The number of aryl methyl sites for hydroxylation is 1. The van der Waals surface area contributed by atoms with Crippen LogP contribution >= 0.6 is 0 Å². The molecule has 2 heterocycles. The number of amides is 1. The van der Waals surface area contributed by atoms with Crippen LogP contribution in [-0.2, 0) is 14.3 Å². The maximum absolute atomic E-state index is 13.3. The third-order valence-electron chi connectivity index (χ3n) is 5.96. The Labute approximate surface area is 172 Å². The molecule has 160 valence electrons. The quantitative estimate of drug-likeness (QED) is 0.763. The monoisotopic (exact) mass is 403 g/mol. The molecule has 1 aromatic heterocycles. The van der Waals surface area contributed by atoms with Crippen LogP contribution in [0.3, 0.4) is 0 Å². The number of aromatic amines is 1. The molecule has 2 aliphatic rings. The van der Waals surface area contributed by atoms with Crippen molar-refractivity contribution in [1.29, 1.82) is 0 Å². The zero-order chi connectivity index (χ0) is 21.1. The smallest absolute Gasteiger partial charge is 0.223 e. The molecule has 1 aromatic rings. The molecule has 0 saturated carbocycles. The van der Waals surface area contributed by atoms with Gasteiger partial charge in [-0.15, -0.1) is 0 Å². The molecule has 1 aliphatic heterocycles. The van der Waals surface area contributed by atoms with Gasteiger partial charge in [0.15, 0.2) is 0 Å². The number of likely N-dealkylation sites (tertiary alicyclic amines) is 1. The third-order valence-corrected chi connectivity index (χ3v) is 5.96. The molecule has 1 fully saturated rings. The minimum absolute atomic E-state index is 0.102. The molecule has 7 heteroatoms. The van der Waals surface area contributed by atoms with Gasteiger partial charge in [-0.1, -0.05) is 13.8 Å². The minimum Gasteiger partial charge on any atom is -0.501 e. The lowest BCUT2D eigenvalue weighted by Gasteiger charge is -2.37. The van der Waals surface area contributed by atoms with E-state index in [1.54, 1.807) is 32.6 Å². The summed E-state index contributed by atoms with van der Waals surface area (Å²) in [6.45, 7) is 7.83. The SMILES string of the molecule is COC1=CC(O)C(C(CC(=O)N2C[C@H](C)C[C@H](C)C2)c2cnc(C)[nH]2)C(OC)=C1. The van der Waals surface area contributed by atoms with Gasteiger partial charge < -0.3 is 24.5 Å². The molecule has 7 nitrogen and oxygen atoms in total. The highest BCUT2D eigenvalue weighted by Crippen LogP contribution is 2.39. The Balaban J connectivity index is 1.89.